The molecule has 0 fully saturated rings. The number of ketones is 1. The van der Waals surface area contributed by atoms with Gasteiger partial charge in [0.05, 0.1) is 29.0 Å². The van der Waals surface area contributed by atoms with Gasteiger partial charge in [-0.3, -0.25) is 14.0 Å². The molecule has 9 aromatic rings. The van der Waals surface area contributed by atoms with E-state index in [1.165, 1.54) is 3.57 Å². The number of rotatable bonds is 11. The van der Waals surface area contributed by atoms with Crippen LogP contribution in [-0.4, -0.2) is 51.7 Å². The first-order valence-corrected chi connectivity index (χ1v) is 22.5. The highest BCUT2D eigenvalue weighted by Crippen LogP contribution is 2.29. The number of aromatic hydroxyl groups is 3. The van der Waals surface area contributed by atoms with Crippen LogP contribution in [0.3, 0.4) is 0 Å². The largest absolute Gasteiger partial charge is 0.508 e. The van der Waals surface area contributed by atoms with Gasteiger partial charge in [-0.1, -0.05) is 84.9 Å². The number of phenolic OH excluding ortho intramolecular Hbond substituents is 2. The van der Waals surface area contributed by atoms with E-state index < -0.39 is 0 Å². The Labute approximate surface area is 403 Å². The normalized spacial score (nSPS) is 10.6. The minimum absolute atomic E-state index is 0.121. The second-order valence-corrected chi connectivity index (χ2v) is 17.3. The summed E-state index contributed by atoms with van der Waals surface area (Å²) < 4.78 is 4.00. The Morgan fingerprint density at radius 1 is 0.554 bits per heavy atom. The Morgan fingerprint density at radius 2 is 1.02 bits per heavy atom. The Morgan fingerprint density at radius 3 is 1.55 bits per heavy atom. The monoisotopic (exact) mass is 1080 g/mol. The van der Waals surface area contributed by atoms with Gasteiger partial charge in [0.25, 0.3) is 0 Å². The minimum Gasteiger partial charge on any atom is -0.508 e. The minimum atomic E-state index is -0.379. The van der Waals surface area contributed by atoms with Crippen LogP contribution in [0.4, 0.5) is 5.82 Å². The lowest BCUT2D eigenvalue weighted by atomic mass is 10.1. The van der Waals surface area contributed by atoms with E-state index in [-0.39, 0.29) is 29.6 Å². The van der Waals surface area contributed by atoms with Crippen molar-refractivity contribution in [3.05, 3.63) is 217 Å². The molecular weight excluding hydrogens is 1040 g/mol. The zero-order chi connectivity index (χ0) is 45.7. The zero-order valence-electron chi connectivity index (χ0n) is 34.8. The lowest BCUT2D eigenvalue weighted by Gasteiger charge is -2.08. The van der Waals surface area contributed by atoms with Gasteiger partial charge < -0.3 is 21.1 Å². The average molecular weight is 1080 g/mol. The van der Waals surface area contributed by atoms with E-state index in [1.54, 1.807) is 41.1 Å². The van der Waals surface area contributed by atoms with Crippen LogP contribution < -0.4 is 5.73 Å². The maximum atomic E-state index is 11.0. The molecule has 9 rings (SSSR count). The van der Waals surface area contributed by atoms with Gasteiger partial charge >= 0.3 is 0 Å². The van der Waals surface area contributed by atoms with Crippen LogP contribution in [0.2, 0.25) is 0 Å². The first kappa shape index (κ1) is 46.0. The highest BCUT2D eigenvalue weighted by molar-refractivity contribution is 14.1. The van der Waals surface area contributed by atoms with Crippen molar-refractivity contribution in [2.24, 2.45) is 0 Å². The zero-order valence-corrected chi connectivity index (χ0v) is 39.1. The number of hydrogen-bond donors (Lipinski definition) is 4. The predicted octanol–water partition coefficient (Wildman–Crippen LogP) is 10.2. The molecule has 0 unspecified atom stereocenters. The number of phenols is 2. The van der Waals surface area contributed by atoms with Crippen LogP contribution in [-0.2, 0) is 35.3 Å². The van der Waals surface area contributed by atoms with Crippen molar-refractivity contribution in [1.82, 2.24) is 24.3 Å². The molecule has 13 heteroatoms. The number of carbonyl (C=O) groups excluding carboxylic acids is 2. The topological polar surface area (TPSA) is 177 Å². The third-order valence-electron chi connectivity index (χ3n) is 10.1. The fraction of sp³-hybridized carbons (Fsp3) is 0.0769. The van der Waals surface area contributed by atoms with Crippen molar-refractivity contribution < 1.29 is 24.9 Å². The number of carbonyl (C=O) groups is 2. The number of fused-ring (bicyclic) bond motifs is 1. The van der Waals surface area contributed by atoms with Gasteiger partial charge in [-0.15, -0.1) is 0 Å². The summed E-state index contributed by atoms with van der Waals surface area (Å²) in [6, 6.07) is 49.6. The van der Waals surface area contributed by atoms with Crippen molar-refractivity contribution >= 4 is 68.7 Å². The Hall–Kier alpha value is -6.98. The van der Waals surface area contributed by atoms with Crippen LogP contribution in [0.5, 0.6) is 17.4 Å². The quantitative estimate of drug-likeness (QED) is 0.0554. The number of hydrogen-bond acceptors (Lipinski definition) is 10. The number of nitrogens with two attached hydrogens (primary N) is 1. The third-order valence-corrected chi connectivity index (χ3v) is 11.5. The molecule has 3 aromatic heterocycles. The molecule has 0 radical (unpaired) electrons. The van der Waals surface area contributed by atoms with E-state index in [2.05, 4.69) is 79.4 Å². The molecule has 0 saturated carbocycles. The summed E-state index contributed by atoms with van der Waals surface area (Å²) in [6.45, 7) is 0. The number of imidazole rings is 1. The first-order chi connectivity index (χ1) is 31.5. The van der Waals surface area contributed by atoms with Crippen LogP contribution in [0.15, 0.2) is 170 Å². The highest BCUT2D eigenvalue weighted by atomic mass is 127. The van der Waals surface area contributed by atoms with Gasteiger partial charge in [-0.2, -0.15) is 0 Å². The standard InChI is InChI=1S/C26H20IN3O2.C17H15N3O.C9H7IO2/c27-20-10-6-18(7-11-20)15-23-26(32)30-16-24(19-8-12-21(31)13-9-19)28-22(25(30)29-23)14-17-4-2-1-3-5-17;18-17-15(10-12-4-2-1-3-5-12)20-16(11-19-17)13-6-8-14(21)9-7-13;10-8-3-1-7(2-4-8)5-9(12)6-11/h1-13,16,31-32H,14-15H2;1-9,11,21H,10H2,(H2,18,19);1-4,6H,5H2. The number of benzene rings is 6. The number of aromatic nitrogens is 5. The number of Topliss-reactive ketones (excluding diaryl/α,β-unsaturated/α-hetero) is 1. The molecule has 3 heterocycles. The Bertz CT molecular complexity index is 3010. The molecule has 0 spiro atoms. The molecule has 0 aliphatic rings. The van der Waals surface area contributed by atoms with Gasteiger partial charge in [0.1, 0.15) is 23.0 Å². The molecule has 0 aliphatic heterocycles. The van der Waals surface area contributed by atoms with E-state index in [0.29, 0.717) is 48.4 Å². The SMILES string of the molecule is Nc1ncc(-c2ccc(O)cc2)nc1Cc1ccccc1.O=CC(=O)Cc1ccc(I)cc1.Oc1ccc(-c2cn3c(O)c(Cc4ccc(I)cc4)nc3c(Cc3ccccc3)n2)cc1. The summed E-state index contributed by atoms with van der Waals surface area (Å²) in [5, 5.41) is 30.0. The fourth-order valence-corrected chi connectivity index (χ4v) is 7.43. The molecule has 0 amide bonds. The van der Waals surface area contributed by atoms with Crippen molar-refractivity contribution in [2.45, 2.75) is 25.7 Å². The highest BCUT2D eigenvalue weighted by Gasteiger charge is 2.18. The number of halogens is 2. The number of nitrogen functional groups attached to an aromatic ring is 1. The fourth-order valence-electron chi connectivity index (χ4n) is 6.71. The second kappa shape index (κ2) is 22.1. The average Bonchev–Trinajstić information content (AvgIpc) is 3.64. The number of anilines is 1. The van der Waals surface area contributed by atoms with E-state index in [0.717, 1.165) is 54.0 Å². The van der Waals surface area contributed by atoms with E-state index in [9.17, 15) is 24.9 Å². The lowest BCUT2D eigenvalue weighted by Crippen LogP contribution is -2.03. The van der Waals surface area contributed by atoms with E-state index >= 15 is 0 Å². The molecule has 324 valence electrons. The van der Waals surface area contributed by atoms with E-state index in [1.807, 2.05) is 109 Å². The Kier molecular flexibility index (Phi) is 15.6. The van der Waals surface area contributed by atoms with Crippen LogP contribution in [0, 0.1) is 7.14 Å². The Balaban J connectivity index is 0.000000163. The van der Waals surface area contributed by atoms with Gasteiger partial charge in [0.15, 0.2) is 17.7 Å². The first-order valence-electron chi connectivity index (χ1n) is 20.4. The van der Waals surface area contributed by atoms with Crippen molar-refractivity contribution in [3.63, 3.8) is 0 Å². The van der Waals surface area contributed by atoms with Crippen molar-refractivity contribution in [2.75, 3.05) is 5.73 Å². The van der Waals surface area contributed by atoms with Crippen LogP contribution in [0.1, 0.15) is 39.3 Å². The lowest BCUT2D eigenvalue weighted by molar-refractivity contribution is -0.129. The maximum absolute atomic E-state index is 11.0. The molecule has 0 saturated heterocycles. The predicted molar refractivity (Wildman–Crippen MR) is 270 cm³/mol. The van der Waals surface area contributed by atoms with Gasteiger partial charge in [0.2, 0.25) is 5.88 Å². The summed E-state index contributed by atoms with van der Waals surface area (Å²) in [6.07, 6.45) is 5.79. The molecule has 5 N–H and O–H groups in total. The number of aldehydes is 1. The number of nitrogens with zero attached hydrogens (tertiary/aromatic N) is 5. The summed E-state index contributed by atoms with van der Waals surface area (Å²) >= 11 is 4.46. The van der Waals surface area contributed by atoms with Crippen LogP contribution in [0.25, 0.3) is 28.2 Å². The van der Waals surface area contributed by atoms with Crippen LogP contribution >= 0.6 is 45.2 Å². The van der Waals surface area contributed by atoms with Gasteiger partial charge in [-0.05, 0) is 140 Å². The molecule has 0 bridgehead atoms. The summed E-state index contributed by atoms with van der Waals surface area (Å²) in [4.78, 5) is 39.2. The molecule has 0 aliphatic carbocycles. The molecule has 11 nitrogen and oxygen atoms in total. The molecule has 6 aromatic carbocycles. The maximum Gasteiger partial charge on any atom is 0.219 e. The van der Waals surface area contributed by atoms with Gasteiger partial charge in [-0.25, -0.2) is 19.9 Å². The molecular formula is C52H42I2N6O5. The summed E-state index contributed by atoms with van der Waals surface area (Å²) in [7, 11) is 0. The summed E-state index contributed by atoms with van der Waals surface area (Å²) in [5.74, 6) is 0.615. The summed E-state index contributed by atoms with van der Waals surface area (Å²) in [5.41, 5.74) is 16.2. The van der Waals surface area contributed by atoms with Crippen molar-refractivity contribution in [3.8, 4) is 39.9 Å². The van der Waals surface area contributed by atoms with Crippen molar-refractivity contribution in [1.29, 1.82) is 0 Å². The third kappa shape index (κ3) is 12.8. The molecule has 65 heavy (non-hydrogen) atoms. The molecule has 0 atom stereocenters. The second-order valence-electron chi connectivity index (χ2n) is 14.8. The van der Waals surface area contributed by atoms with E-state index in [4.69, 9.17) is 15.7 Å². The van der Waals surface area contributed by atoms with Gasteiger partial charge in [0, 0.05) is 50.1 Å². The smallest absolute Gasteiger partial charge is 0.219 e.